The average Bonchev–Trinajstić information content (AvgIpc) is 4.18. The number of alkyl carbamates (subject to hydrolysis) is 1. The number of urea groups is 2. The molecule has 0 unspecified atom stereocenters. The Balaban J connectivity index is 0.000000216. The Morgan fingerprint density at radius 1 is 0.696 bits per heavy atom. The van der Waals surface area contributed by atoms with Crippen LogP contribution in [0.15, 0.2) is 48.5 Å². The fourth-order valence-corrected chi connectivity index (χ4v) is 8.10. The van der Waals surface area contributed by atoms with Crippen LogP contribution in [0.5, 0.6) is 11.5 Å². The summed E-state index contributed by atoms with van der Waals surface area (Å²) in [5.41, 5.74) is 3.62. The summed E-state index contributed by atoms with van der Waals surface area (Å²) in [6.45, 7) is 12.9. The highest BCUT2D eigenvalue weighted by molar-refractivity contribution is 6.61. The van der Waals surface area contributed by atoms with Crippen LogP contribution in [0.1, 0.15) is 130 Å². The number of carbonyl (C=O) groups is 5. The van der Waals surface area contributed by atoms with E-state index in [1.54, 1.807) is 4.90 Å². The number of terminal acetylenes is 1. The van der Waals surface area contributed by atoms with Crippen LogP contribution in [0, 0.1) is 43.9 Å². The van der Waals surface area contributed by atoms with Crippen LogP contribution in [-0.4, -0.2) is 159 Å². The van der Waals surface area contributed by atoms with E-state index in [0.29, 0.717) is 31.2 Å². The highest BCUT2D eigenvalue weighted by atomic mass is 35.5. The number of amides is 6. The summed E-state index contributed by atoms with van der Waals surface area (Å²) >= 11 is 4.92. The van der Waals surface area contributed by atoms with Crippen LogP contribution in [0.2, 0.25) is 0 Å². The van der Waals surface area contributed by atoms with E-state index in [1.807, 2.05) is 35.5 Å². The van der Waals surface area contributed by atoms with Gasteiger partial charge in [0.2, 0.25) is 0 Å². The molecule has 7 aliphatic rings. The lowest BCUT2D eigenvalue weighted by Gasteiger charge is -2.33. The molecule has 434 valence electrons. The Labute approximate surface area is 469 Å². The first-order valence-electron chi connectivity index (χ1n) is 27.5. The van der Waals surface area contributed by atoms with E-state index in [1.165, 1.54) is 111 Å². The molecule has 4 saturated carbocycles. The Morgan fingerprint density at radius 3 is 1.47 bits per heavy atom. The molecular formula is C55H80ClN11O12. The van der Waals surface area contributed by atoms with Gasteiger partial charge in [-0.25, -0.2) is 24.0 Å². The number of nitrogens with zero attached hydrogens (tertiary/aromatic N) is 8. The van der Waals surface area contributed by atoms with Crippen LogP contribution in [0.3, 0.4) is 0 Å². The second-order valence-electron chi connectivity index (χ2n) is 21.0. The number of rotatable bonds is 12. The number of carbonyl (C=O) groups excluding carboxylic acids is 5. The van der Waals surface area contributed by atoms with Gasteiger partial charge in [0, 0.05) is 99.3 Å². The maximum absolute atomic E-state index is 12.6. The van der Waals surface area contributed by atoms with E-state index in [-0.39, 0.29) is 54.1 Å². The number of nitriles is 1. The van der Waals surface area contributed by atoms with E-state index >= 15 is 0 Å². The van der Waals surface area contributed by atoms with E-state index in [9.17, 15) is 44.2 Å². The van der Waals surface area contributed by atoms with Gasteiger partial charge in [-0.2, -0.15) is 5.26 Å². The lowest BCUT2D eigenvalue weighted by Crippen LogP contribution is -2.49. The first-order chi connectivity index (χ1) is 37.8. The van der Waals surface area contributed by atoms with Crippen molar-refractivity contribution in [1.82, 2.24) is 35.1 Å². The standard InChI is InChI=1S/C16H29N3O3.C13H12N2O4.C11H17N3O.C7H4ClNO4.C5H11N.C3H7N/c1-16(2,3)22-14(20)17-9-12-19(13-7-8-13)15(21)18-10-5-4-6-11-18;1-2-9-14(10-3-4-10)13(16)19-12-7-5-11(6-8-12)15(17)18;12-6-9-14(10-4-5-10)11(15)13-7-2-1-3-8-13;8-7(10)13-6-3-1-5(2-4-6)9(11)12;1-2-4-6-5-3-1;4-3-1-2-3/h13H,4-12H2,1-3H3,(H,17,20);1,5-8,10H,3-4,9H2;10H,1-5,7-9H2;1-4H;6H,1-5H2;3H,1-2,4H2. The number of non-ortho nitro benzene ring substituents is 2. The molecule has 0 atom stereocenters. The number of nitro groups is 2. The van der Waals surface area contributed by atoms with Gasteiger partial charge in [-0.05, 0) is 161 Å². The largest absolute Gasteiger partial charge is 0.444 e. The molecule has 24 heteroatoms. The minimum atomic E-state index is -0.978. The summed E-state index contributed by atoms with van der Waals surface area (Å²) in [5, 5.41) is 35.4. The molecule has 0 spiro atoms. The molecule has 0 aromatic heterocycles. The Bertz CT molecular complexity index is 2320. The molecule has 0 bridgehead atoms. The van der Waals surface area contributed by atoms with Crippen LogP contribution < -0.4 is 25.8 Å². The zero-order valence-electron chi connectivity index (χ0n) is 46.0. The van der Waals surface area contributed by atoms with Crippen molar-refractivity contribution < 1.29 is 48.0 Å². The van der Waals surface area contributed by atoms with Crippen molar-refractivity contribution in [2.24, 2.45) is 5.73 Å². The average molecular weight is 1120 g/mol. The number of hydrogen-bond donors (Lipinski definition) is 3. The first kappa shape index (κ1) is 64.6. The van der Waals surface area contributed by atoms with E-state index in [2.05, 4.69) is 27.4 Å². The lowest BCUT2D eigenvalue weighted by molar-refractivity contribution is -0.385. The molecule has 4 N–H and O–H groups in total. The van der Waals surface area contributed by atoms with Gasteiger partial charge < -0.3 is 50.2 Å². The highest BCUT2D eigenvalue weighted by Crippen LogP contribution is 2.30. The molecule has 79 heavy (non-hydrogen) atoms. The monoisotopic (exact) mass is 1120 g/mol. The minimum absolute atomic E-state index is 0.0533. The molecule has 7 fully saturated rings. The number of nitro benzene ring substituents is 2. The Morgan fingerprint density at radius 2 is 1.11 bits per heavy atom. The fraction of sp³-hybridized carbons (Fsp3) is 0.636. The molecule has 2 aromatic carbocycles. The van der Waals surface area contributed by atoms with Crippen LogP contribution >= 0.6 is 11.6 Å². The van der Waals surface area contributed by atoms with Crippen molar-refractivity contribution in [1.29, 1.82) is 5.26 Å². The van der Waals surface area contributed by atoms with Crippen molar-refractivity contribution in [2.75, 3.05) is 65.4 Å². The molecule has 9 rings (SSSR count). The topological polar surface area (TPSA) is 289 Å². The zero-order chi connectivity index (χ0) is 57.7. The van der Waals surface area contributed by atoms with Crippen LogP contribution in [0.25, 0.3) is 0 Å². The smallest absolute Gasteiger partial charge is 0.416 e. The normalized spacial score (nSPS) is 17.1. The molecule has 3 saturated heterocycles. The molecule has 3 heterocycles. The van der Waals surface area contributed by atoms with Gasteiger partial charge in [-0.3, -0.25) is 25.1 Å². The molecule has 4 aliphatic carbocycles. The quantitative estimate of drug-likeness (QED) is 0.0586. The van der Waals surface area contributed by atoms with Crippen molar-refractivity contribution in [3.05, 3.63) is 68.8 Å². The van der Waals surface area contributed by atoms with Crippen molar-refractivity contribution >= 4 is 52.7 Å². The van der Waals surface area contributed by atoms with Crippen LogP contribution in [-0.2, 0) is 4.74 Å². The molecular weight excluding hydrogens is 1040 g/mol. The van der Waals surface area contributed by atoms with Gasteiger partial charge in [0.1, 0.15) is 23.6 Å². The molecule has 23 nitrogen and oxygen atoms in total. The molecule has 3 aliphatic heterocycles. The molecule has 2 aromatic rings. The van der Waals surface area contributed by atoms with Crippen LogP contribution in [0.4, 0.5) is 35.3 Å². The van der Waals surface area contributed by atoms with Crippen molar-refractivity contribution in [3.8, 4) is 29.9 Å². The predicted octanol–water partition coefficient (Wildman–Crippen LogP) is 9.55. The lowest BCUT2D eigenvalue weighted by atomic mass is 10.1. The summed E-state index contributed by atoms with van der Waals surface area (Å²) in [4.78, 5) is 87.1. The van der Waals surface area contributed by atoms with Gasteiger partial charge in [0.25, 0.3) is 11.4 Å². The van der Waals surface area contributed by atoms with Gasteiger partial charge in [-0.1, -0.05) is 12.3 Å². The fourth-order valence-electron chi connectivity index (χ4n) is 8.01. The Kier molecular flexibility index (Phi) is 27.9. The molecule has 6 amide bonds. The van der Waals surface area contributed by atoms with Crippen molar-refractivity contribution in [3.63, 3.8) is 0 Å². The summed E-state index contributed by atoms with van der Waals surface area (Å²) in [6.07, 6.45) is 24.0. The van der Waals surface area contributed by atoms with Gasteiger partial charge >= 0.3 is 29.7 Å². The summed E-state index contributed by atoms with van der Waals surface area (Å²) in [5.74, 6) is 2.85. The predicted molar refractivity (Wildman–Crippen MR) is 298 cm³/mol. The number of nitrogens with one attached hydrogen (secondary N) is 2. The second-order valence-corrected chi connectivity index (χ2v) is 21.3. The number of nitrogens with two attached hydrogens (primary N) is 1. The number of piperidine rings is 3. The third kappa shape index (κ3) is 27.0. The molecule has 0 radical (unpaired) electrons. The summed E-state index contributed by atoms with van der Waals surface area (Å²) < 4.78 is 14.8. The minimum Gasteiger partial charge on any atom is -0.444 e. The van der Waals surface area contributed by atoms with Gasteiger partial charge in [0.15, 0.2) is 0 Å². The number of ether oxygens (including phenoxy) is 3. The third-order valence-electron chi connectivity index (χ3n) is 12.8. The third-order valence-corrected chi connectivity index (χ3v) is 12.9. The SMILES string of the molecule is C#CCN(C(=O)Oc1ccc([N+](=O)[O-])cc1)C1CC1.C1CCNCC1.CC(C)(C)OC(=O)NCCN(C(=O)N1CCCCC1)C1CC1.N#CCN(C(=O)N1CCCCC1)C1CC1.NC1CC1.O=C(Cl)Oc1ccc([N+](=O)[O-])cc1. The first-order valence-corrected chi connectivity index (χ1v) is 27.9. The number of benzene rings is 2. The van der Waals surface area contributed by atoms with E-state index in [0.717, 1.165) is 90.4 Å². The van der Waals surface area contributed by atoms with Gasteiger partial charge in [-0.15, -0.1) is 6.42 Å². The maximum Gasteiger partial charge on any atom is 0.416 e. The van der Waals surface area contributed by atoms with E-state index in [4.69, 9.17) is 38.5 Å². The summed E-state index contributed by atoms with van der Waals surface area (Å²) in [6, 6.07) is 14.1. The Hall–Kier alpha value is -6.95. The van der Waals surface area contributed by atoms with Gasteiger partial charge in [0.05, 0.1) is 22.5 Å². The van der Waals surface area contributed by atoms with E-state index < -0.39 is 33.1 Å². The number of hydrogen-bond acceptors (Lipinski definition) is 15. The number of halogens is 1. The summed E-state index contributed by atoms with van der Waals surface area (Å²) in [7, 11) is 0. The highest BCUT2D eigenvalue weighted by Gasteiger charge is 2.37. The van der Waals surface area contributed by atoms with Crippen molar-refractivity contribution in [2.45, 2.75) is 160 Å². The zero-order valence-corrected chi connectivity index (χ0v) is 46.8. The maximum atomic E-state index is 12.6. The second kappa shape index (κ2) is 34.1. The number of likely N-dealkylation sites (tertiary alicyclic amines) is 2.